The van der Waals surface area contributed by atoms with Gasteiger partial charge in [-0.05, 0) is 55.3 Å². The number of fused-ring (bicyclic) bond motifs is 1. The summed E-state index contributed by atoms with van der Waals surface area (Å²) in [5.41, 5.74) is 0.233. The van der Waals surface area contributed by atoms with Crippen molar-refractivity contribution in [3.63, 3.8) is 0 Å². The number of aromatic nitrogens is 2. The minimum absolute atomic E-state index is 0.0215. The molecule has 3 amide bonds. The lowest BCUT2D eigenvalue weighted by atomic mass is 10.1. The van der Waals surface area contributed by atoms with E-state index < -0.39 is 41.1 Å². The van der Waals surface area contributed by atoms with Crippen molar-refractivity contribution in [3.8, 4) is 5.75 Å². The highest BCUT2D eigenvalue weighted by Gasteiger charge is 2.21. The van der Waals surface area contributed by atoms with E-state index in [9.17, 15) is 37.5 Å². The number of pyridine rings is 1. The molecule has 0 aliphatic rings. The summed E-state index contributed by atoms with van der Waals surface area (Å²) in [6.07, 6.45) is 3.10. The second-order valence-corrected chi connectivity index (χ2v) is 10.2. The van der Waals surface area contributed by atoms with Gasteiger partial charge >= 0.3 is 6.09 Å². The molecule has 2 aromatic carbocycles. The van der Waals surface area contributed by atoms with E-state index in [1.807, 2.05) is 0 Å². The number of allylic oxidation sites excluding steroid dienone is 1. The highest BCUT2D eigenvalue weighted by atomic mass is 19.1. The summed E-state index contributed by atoms with van der Waals surface area (Å²) in [6, 6.07) is 8.67. The van der Waals surface area contributed by atoms with Crippen molar-refractivity contribution in [2.24, 2.45) is 0 Å². The first-order valence-electron chi connectivity index (χ1n) is 13.7. The van der Waals surface area contributed by atoms with Crippen LogP contribution < -0.4 is 20.9 Å². The van der Waals surface area contributed by atoms with Crippen molar-refractivity contribution in [3.05, 3.63) is 106 Å². The second kappa shape index (κ2) is 14.3. The number of amides is 3. The minimum atomic E-state index is -1.43. The average Bonchev–Trinajstić information content (AvgIpc) is 3.38. The summed E-state index contributed by atoms with van der Waals surface area (Å²) in [6.45, 7) is -0.311. The number of nitrogens with one attached hydrogen (secondary N) is 3. The van der Waals surface area contributed by atoms with Crippen LogP contribution in [0.2, 0.25) is 0 Å². The Morgan fingerprint density at radius 2 is 1.87 bits per heavy atom. The Labute approximate surface area is 254 Å². The van der Waals surface area contributed by atoms with Crippen LogP contribution in [0.5, 0.6) is 5.75 Å². The third-order valence-electron chi connectivity index (χ3n) is 6.67. The molecule has 2 aromatic heterocycles. The van der Waals surface area contributed by atoms with E-state index in [2.05, 4.69) is 15.6 Å². The predicted molar refractivity (Wildman–Crippen MR) is 159 cm³/mol. The summed E-state index contributed by atoms with van der Waals surface area (Å²) in [5.74, 6) is -3.12. The van der Waals surface area contributed by atoms with Crippen LogP contribution in [0.15, 0.2) is 71.7 Å². The van der Waals surface area contributed by atoms with Crippen LogP contribution in [0.1, 0.15) is 24.1 Å². The Bertz CT molecular complexity index is 1820. The predicted octanol–water partition coefficient (Wildman–Crippen LogP) is 4.37. The Morgan fingerprint density at radius 3 is 2.58 bits per heavy atom. The fraction of sp³-hybridized carbons (Fsp3) is 0.226. The SMILES string of the molecule is CN(C)C(=O)/C=C/CC[C@H](NC(=O)O)C(=O)Nc1cccn(Cc2cc3cc(F)cc(OCc4ccc(F)cc4F)c3[nH]2)c1=O. The van der Waals surface area contributed by atoms with Gasteiger partial charge in [-0.1, -0.05) is 6.08 Å². The van der Waals surface area contributed by atoms with E-state index in [0.717, 1.165) is 18.2 Å². The molecule has 236 valence electrons. The quantitative estimate of drug-likeness (QED) is 0.172. The van der Waals surface area contributed by atoms with Gasteiger partial charge in [-0.15, -0.1) is 0 Å². The van der Waals surface area contributed by atoms with Crippen molar-refractivity contribution in [1.82, 2.24) is 19.8 Å². The van der Waals surface area contributed by atoms with Gasteiger partial charge in [0.05, 0.1) is 12.1 Å². The first-order valence-corrected chi connectivity index (χ1v) is 13.7. The molecular weight excluding hydrogens is 595 g/mol. The fourth-order valence-corrected chi connectivity index (χ4v) is 4.40. The molecule has 11 nitrogen and oxygen atoms in total. The first-order chi connectivity index (χ1) is 21.4. The van der Waals surface area contributed by atoms with Crippen LogP contribution in [-0.4, -0.2) is 57.6 Å². The minimum Gasteiger partial charge on any atom is -0.486 e. The standard InChI is InChI=1S/C31H30F3N5O6/c1-38(2)27(40)8-4-3-6-24(37-31(43)44)29(41)36-25-7-5-11-39(30(25)42)16-22-13-19-12-21(33)15-26(28(19)35-22)45-17-18-9-10-20(32)14-23(18)34/h4-5,7-15,24,35,37H,3,6,16-17H2,1-2H3,(H,36,41)(H,43,44)/b8-4+/t24-/m0/s1. The normalized spacial score (nSPS) is 11.8. The monoisotopic (exact) mass is 625 g/mol. The number of hydrogen-bond donors (Lipinski definition) is 4. The van der Waals surface area contributed by atoms with Crippen molar-refractivity contribution in [1.29, 1.82) is 0 Å². The number of aromatic amines is 1. The van der Waals surface area contributed by atoms with E-state index in [1.54, 1.807) is 20.2 Å². The molecule has 0 aliphatic carbocycles. The lowest BCUT2D eigenvalue weighted by Gasteiger charge is -2.16. The fourth-order valence-electron chi connectivity index (χ4n) is 4.40. The highest BCUT2D eigenvalue weighted by molar-refractivity contribution is 5.96. The zero-order valence-electron chi connectivity index (χ0n) is 24.3. The van der Waals surface area contributed by atoms with Crippen LogP contribution >= 0.6 is 0 Å². The van der Waals surface area contributed by atoms with Crippen LogP contribution in [-0.2, 0) is 22.7 Å². The number of H-pyrrole nitrogens is 1. The number of rotatable bonds is 12. The Balaban J connectivity index is 1.49. The van der Waals surface area contributed by atoms with E-state index in [-0.39, 0.29) is 48.9 Å². The molecule has 0 unspecified atom stereocenters. The van der Waals surface area contributed by atoms with Gasteiger partial charge in [-0.2, -0.15) is 0 Å². The van der Waals surface area contributed by atoms with Gasteiger partial charge in [0.25, 0.3) is 5.56 Å². The van der Waals surface area contributed by atoms with Crippen LogP contribution in [0.25, 0.3) is 10.9 Å². The number of ether oxygens (including phenoxy) is 1. The van der Waals surface area contributed by atoms with Gasteiger partial charge in [-0.3, -0.25) is 14.4 Å². The third-order valence-corrected chi connectivity index (χ3v) is 6.67. The number of carbonyl (C=O) groups excluding carboxylic acids is 2. The van der Waals surface area contributed by atoms with E-state index in [1.165, 1.54) is 52.1 Å². The van der Waals surface area contributed by atoms with Crippen molar-refractivity contribution in [2.75, 3.05) is 19.4 Å². The molecule has 4 N–H and O–H groups in total. The number of halogens is 3. The van der Waals surface area contributed by atoms with Gasteiger partial charge < -0.3 is 34.9 Å². The zero-order valence-corrected chi connectivity index (χ0v) is 24.3. The lowest BCUT2D eigenvalue weighted by molar-refractivity contribution is -0.123. The molecule has 45 heavy (non-hydrogen) atoms. The Kier molecular flexibility index (Phi) is 10.3. The topological polar surface area (TPSA) is 146 Å². The van der Waals surface area contributed by atoms with E-state index >= 15 is 0 Å². The number of anilines is 1. The van der Waals surface area contributed by atoms with Gasteiger partial charge in [0.1, 0.15) is 41.5 Å². The van der Waals surface area contributed by atoms with E-state index in [0.29, 0.717) is 16.6 Å². The van der Waals surface area contributed by atoms with Gasteiger partial charge in [0.2, 0.25) is 11.8 Å². The smallest absolute Gasteiger partial charge is 0.405 e. The van der Waals surface area contributed by atoms with Gasteiger partial charge in [0, 0.05) is 49.1 Å². The van der Waals surface area contributed by atoms with Crippen molar-refractivity contribution >= 4 is 34.5 Å². The third kappa shape index (κ3) is 8.53. The molecule has 1 atom stereocenters. The number of likely N-dealkylation sites (N-methyl/N-ethyl adjacent to an activating group) is 1. The average molecular weight is 626 g/mol. The van der Waals surface area contributed by atoms with Crippen molar-refractivity contribution in [2.45, 2.75) is 32.0 Å². The number of carbonyl (C=O) groups is 3. The maximum absolute atomic E-state index is 14.4. The molecule has 0 aliphatic heterocycles. The molecule has 14 heteroatoms. The second-order valence-electron chi connectivity index (χ2n) is 10.2. The maximum Gasteiger partial charge on any atom is 0.405 e. The number of hydrogen-bond acceptors (Lipinski definition) is 5. The van der Waals surface area contributed by atoms with Crippen molar-refractivity contribution < 1.29 is 37.4 Å². The molecule has 0 saturated carbocycles. The summed E-state index contributed by atoms with van der Waals surface area (Å²) < 4.78 is 48.6. The Hall–Kier alpha value is -5.53. The summed E-state index contributed by atoms with van der Waals surface area (Å²) in [4.78, 5) is 53.5. The number of carboxylic acid groups (broad SMARTS) is 1. The van der Waals surface area contributed by atoms with Crippen LogP contribution in [0.4, 0.5) is 23.7 Å². The summed E-state index contributed by atoms with van der Waals surface area (Å²) in [7, 11) is 3.15. The first kappa shape index (κ1) is 32.4. The Morgan fingerprint density at radius 1 is 1.09 bits per heavy atom. The largest absolute Gasteiger partial charge is 0.486 e. The molecule has 0 radical (unpaired) electrons. The van der Waals surface area contributed by atoms with Crippen LogP contribution in [0, 0.1) is 17.5 Å². The molecule has 2 heterocycles. The zero-order chi connectivity index (χ0) is 32.7. The number of nitrogens with zero attached hydrogens (tertiary/aromatic N) is 2. The lowest BCUT2D eigenvalue weighted by Crippen LogP contribution is -2.44. The number of benzene rings is 2. The van der Waals surface area contributed by atoms with Crippen LogP contribution in [0.3, 0.4) is 0 Å². The maximum atomic E-state index is 14.4. The van der Waals surface area contributed by atoms with E-state index in [4.69, 9.17) is 4.74 Å². The highest BCUT2D eigenvalue weighted by Crippen LogP contribution is 2.29. The molecular formula is C31H30F3N5O6. The van der Waals surface area contributed by atoms with Gasteiger partial charge in [0.15, 0.2) is 0 Å². The molecule has 0 saturated heterocycles. The molecule has 4 rings (SSSR count). The molecule has 0 fully saturated rings. The molecule has 0 spiro atoms. The summed E-state index contributed by atoms with van der Waals surface area (Å²) >= 11 is 0. The summed E-state index contributed by atoms with van der Waals surface area (Å²) in [5, 5.41) is 14.2. The van der Waals surface area contributed by atoms with Gasteiger partial charge in [-0.25, -0.2) is 18.0 Å². The molecule has 4 aromatic rings. The molecule has 0 bridgehead atoms.